The lowest BCUT2D eigenvalue weighted by atomic mass is 10.2. The number of aromatic nitrogens is 1. The van der Waals surface area contributed by atoms with Gasteiger partial charge in [0.1, 0.15) is 5.35 Å². The number of allylic oxidation sites excluding steroid dienone is 1. The third kappa shape index (κ3) is 1.45. The molecule has 20 heavy (non-hydrogen) atoms. The molecule has 0 N–H and O–H groups in total. The molecule has 4 rings (SSSR count). The quantitative estimate of drug-likeness (QED) is 0.589. The summed E-state index contributed by atoms with van der Waals surface area (Å²) in [6.45, 7) is 2.14. The molecule has 1 aromatic heterocycles. The predicted molar refractivity (Wildman–Crippen MR) is 83.2 cm³/mol. The molecule has 0 bridgehead atoms. The lowest BCUT2D eigenvalue weighted by molar-refractivity contribution is 1.05. The second-order valence-electron chi connectivity index (χ2n) is 5.00. The molecular weight excluding hydrogens is 242 g/mol. The van der Waals surface area contributed by atoms with Gasteiger partial charge in [-0.2, -0.15) is 0 Å². The van der Waals surface area contributed by atoms with E-state index >= 15 is 0 Å². The van der Waals surface area contributed by atoms with Gasteiger partial charge in [0.15, 0.2) is 0 Å². The fourth-order valence-electron chi connectivity index (χ4n) is 2.86. The van der Waals surface area contributed by atoms with Gasteiger partial charge in [-0.1, -0.05) is 42.1 Å². The van der Waals surface area contributed by atoms with E-state index in [9.17, 15) is 0 Å². The molecule has 0 atom stereocenters. The zero-order chi connectivity index (χ0) is 13.5. The Labute approximate surface area is 117 Å². The molecule has 0 unspecified atom stereocenters. The van der Waals surface area contributed by atoms with Crippen molar-refractivity contribution in [3.63, 3.8) is 0 Å². The van der Waals surface area contributed by atoms with Gasteiger partial charge in [0.05, 0.1) is 5.52 Å². The molecule has 0 amide bonds. The van der Waals surface area contributed by atoms with Crippen molar-refractivity contribution in [2.24, 2.45) is 0 Å². The number of fused-ring (bicyclic) bond motifs is 3. The minimum absolute atomic E-state index is 1.09. The molecule has 1 nitrogen and oxygen atoms in total. The van der Waals surface area contributed by atoms with Gasteiger partial charge in [0, 0.05) is 16.3 Å². The first-order chi connectivity index (χ1) is 9.86. The number of aryl methyl sites for hydroxylation is 1. The fourth-order valence-corrected chi connectivity index (χ4v) is 2.86. The Kier molecular flexibility index (Phi) is 2.31. The van der Waals surface area contributed by atoms with Crippen LogP contribution < -0.4 is 10.6 Å². The molecule has 0 fully saturated rings. The van der Waals surface area contributed by atoms with Crippen molar-refractivity contribution in [2.45, 2.75) is 6.92 Å². The molecule has 0 saturated carbocycles. The van der Waals surface area contributed by atoms with Crippen LogP contribution in [-0.4, -0.2) is 4.57 Å². The summed E-state index contributed by atoms with van der Waals surface area (Å²) in [5.74, 6) is 0. The van der Waals surface area contributed by atoms with Crippen molar-refractivity contribution in [3.8, 4) is 5.69 Å². The van der Waals surface area contributed by atoms with Crippen LogP contribution >= 0.6 is 0 Å². The second kappa shape index (κ2) is 4.15. The Balaban J connectivity index is 2.31. The first-order valence-corrected chi connectivity index (χ1v) is 6.74. The van der Waals surface area contributed by atoms with Crippen molar-refractivity contribution in [1.82, 2.24) is 4.57 Å². The van der Waals surface area contributed by atoms with Crippen molar-refractivity contribution in [3.05, 3.63) is 76.5 Å². The van der Waals surface area contributed by atoms with Gasteiger partial charge >= 0.3 is 0 Å². The van der Waals surface area contributed by atoms with Gasteiger partial charge in [-0.15, -0.1) is 0 Å². The largest absolute Gasteiger partial charge is 0.302 e. The molecule has 1 aliphatic carbocycles. The molecule has 0 saturated heterocycles. The van der Waals surface area contributed by atoms with E-state index in [0.29, 0.717) is 0 Å². The minimum atomic E-state index is 1.09. The number of nitrogens with zero attached hydrogens (tertiary/aromatic N) is 1. The normalized spacial score (nSPS) is 12.1. The molecule has 3 aromatic rings. The maximum Gasteiger partial charge on any atom is 0.105 e. The standard InChI is InChI=1S/C19H13N/c1-14-8-2-5-11-17(14)20-18-12-6-3-9-15(18)16-10-4-7-13-19(16)20/h2-6,8-12H,1H3. The van der Waals surface area contributed by atoms with Crippen LogP contribution in [0.3, 0.4) is 0 Å². The van der Waals surface area contributed by atoms with Gasteiger partial charge in [-0.3, -0.25) is 0 Å². The summed E-state index contributed by atoms with van der Waals surface area (Å²) in [5, 5.41) is 3.57. The molecule has 0 spiro atoms. The van der Waals surface area contributed by atoms with Gasteiger partial charge in [0.25, 0.3) is 0 Å². The highest BCUT2D eigenvalue weighted by Crippen LogP contribution is 2.17. The van der Waals surface area contributed by atoms with E-state index in [-0.39, 0.29) is 0 Å². The third-order valence-electron chi connectivity index (χ3n) is 3.79. The maximum absolute atomic E-state index is 3.27. The Morgan fingerprint density at radius 3 is 2.65 bits per heavy atom. The van der Waals surface area contributed by atoms with E-state index in [1.54, 1.807) is 0 Å². The molecule has 2 aromatic carbocycles. The average Bonchev–Trinajstić information content (AvgIpc) is 2.83. The van der Waals surface area contributed by atoms with Crippen LogP contribution in [0.1, 0.15) is 5.56 Å². The summed E-state index contributed by atoms with van der Waals surface area (Å²) in [7, 11) is 0. The average molecular weight is 255 g/mol. The van der Waals surface area contributed by atoms with Gasteiger partial charge in [-0.05, 0) is 42.5 Å². The van der Waals surface area contributed by atoms with E-state index in [1.807, 2.05) is 6.08 Å². The van der Waals surface area contributed by atoms with Crippen molar-refractivity contribution < 1.29 is 0 Å². The van der Waals surface area contributed by atoms with Crippen LogP contribution in [-0.2, 0) is 0 Å². The first kappa shape index (κ1) is 11.1. The Bertz CT molecular complexity index is 1020. The van der Waals surface area contributed by atoms with E-state index in [2.05, 4.69) is 77.6 Å². The number of hydrogen-bond acceptors (Lipinski definition) is 0. The number of benzene rings is 2. The van der Waals surface area contributed by atoms with Crippen LogP contribution in [0.15, 0.2) is 60.3 Å². The van der Waals surface area contributed by atoms with Crippen LogP contribution in [0.2, 0.25) is 0 Å². The Hall–Kier alpha value is -2.72. The molecule has 1 aliphatic rings. The summed E-state index contributed by atoms with van der Waals surface area (Å²) in [4.78, 5) is 0. The molecule has 1 heteroatoms. The van der Waals surface area contributed by atoms with E-state index in [0.717, 1.165) is 5.35 Å². The highest BCUT2D eigenvalue weighted by atomic mass is 15.0. The van der Waals surface area contributed by atoms with Crippen LogP contribution in [0, 0.1) is 6.92 Å². The van der Waals surface area contributed by atoms with Crippen molar-refractivity contribution in [2.75, 3.05) is 0 Å². The Morgan fingerprint density at radius 2 is 1.75 bits per heavy atom. The topological polar surface area (TPSA) is 4.93 Å². The lowest BCUT2D eigenvalue weighted by Gasteiger charge is -2.09. The SMILES string of the molecule is Cc1ccccc1-n1c2c(c3ccccc31)=CC=C=C=2. The summed E-state index contributed by atoms with van der Waals surface area (Å²) < 4.78 is 2.27. The molecule has 0 radical (unpaired) electrons. The predicted octanol–water partition coefficient (Wildman–Crippen LogP) is 2.82. The summed E-state index contributed by atoms with van der Waals surface area (Å²) in [5.41, 5.74) is 10.0. The van der Waals surface area contributed by atoms with Crippen molar-refractivity contribution in [1.29, 1.82) is 0 Å². The monoisotopic (exact) mass is 255 g/mol. The molecule has 0 aliphatic heterocycles. The van der Waals surface area contributed by atoms with Crippen molar-refractivity contribution >= 4 is 22.7 Å². The minimum Gasteiger partial charge on any atom is -0.302 e. The first-order valence-electron chi connectivity index (χ1n) is 6.74. The third-order valence-corrected chi connectivity index (χ3v) is 3.79. The zero-order valence-electron chi connectivity index (χ0n) is 11.2. The fraction of sp³-hybridized carbons (Fsp3) is 0.0526. The zero-order valence-corrected chi connectivity index (χ0v) is 11.2. The Morgan fingerprint density at radius 1 is 0.950 bits per heavy atom. The van der Waals surface area contributed by atoms with Crippen LogP contribution in [0.5, 0.6) is 0 Å². The van der Waals surface area contributed by atoms with Gasteiger partial charge in [0.2, 0.25) is 0 Å². The molecular formula is C19H13N. The smallest absolute Gasteiger partial charge is 0.105 e. The second-order valence-corrected chi connectivity index (χ2v) is 5.00. The summed E-state index contributed by atoms with van der Waals surface area (Å²) in [6, 6.07) is 16.9. The van der Waals surface area contributed by atoms with Crippen LogP contribution in [0.4, 0.5) is 0 Å². The molecule has 1 heterocycles. The number of rotatable bonds is 1. The highest BCUT2D eigenvalue weighted by Gasteiger charge is 2.10. The summed E-state index contributed by atoms with van der Waals surface area (Å²) in [6.07, 6.45) is 4.04. The van der Waals surface area contributed by atoms with E-state index in [4.69, 9.17) is 0 Å². The number of para-hydroxylation sites is 2. The number of hydrogen-bond donors (Lipinski definition) is 0. The summed E-state index contributed by atoms with van der Waals surface area (Å²) >= 11 is 0. The van der Waals surface area contributed by atoms with Crippen LogP contribution in [0.25, 0.3) is 28.4 Å². The van der Waals surface area contributed by atoms with E-state index < -0.39 is 0 Å². The molecule has 94 valence electrons. The maximum atomic E-state index is 3.27. The lowest BCUT2D eigenvalue weighted by Crippen LogP contribution is -2.28. The van der Waals surface area contributed by atoms with Gasteiger partial charge in [-0.25, -0.2) is 0 Å². The highest BCUT2D eigenvalue weighted by molar-refractivity contribution is 5.85. The van der Waals surface area contributed by atoms with Gasteiger partial charge < -0.3 is 4.57 Å². The van der Waals surface area contributed by atoms with E-state index in [1.165, 1.54) is 27.4 Å².